The fraction of sp³-hybridized carbons (Fsp3) is 0.455. The summed E-state index contributed by atoms with van der Waals surface area (Å²) in [5, 5.41) is 0. The maximum Gasteiger partial charge on any atom is 0.0594 e. The highest BCUT2D eigenvalue weighted by Crippen LogP contribution is 2.13. The van der Waals surface area contributed by atoms with Gasteiger partial charge in [-0.15, -0.1) is 0 Å². The molecule has 0 N–H and O–H groups in total. The predicted molar refractivity (Wildman–Crippen MR) is 104 cm³/mol. The molecule has 0 unspecified atom stereocenters. The summed E-state index contributed by atoms with van der Waals surface area (Å²) in [6, 6.07) is 19.8. The van der Waals surface area contributed by atoms with Crippen molar-refractivity contribution in [3.8, 4) is 0 Å². The largest absolute Gasteiger partial charge is 0.379 e. The molecule has 3 rings (SSSR count). The summed E-state index contributed by atoms with van der Waals surface area (Å²) in [7, 11) is 0. The zero-order valence-electron chi connectivity index (χ0n) is 15.4. The van der Waals surface area contributed by atoms with Crippen molar-refractivity contribution < 1.29 is 4.74 Å². The molecule has 0 radical (unpaired) electrons. The standard InChI is InChI=1S/C22H30N2O/c1-2-20-9-6-10-22(17-20)19-24(18-21-7-4-3-5-8-21)12-11-23-13-15-25-16-14-23/h3-10,17H,2,11-16,18-19H2,1H3. The highest BCUT2D eigenvalue weighted by atomic mass is 16.5. The van der Waals surface area contributed by atoms with Gasteiger partial charge in [-0.2, -0.15) is 0 Å². The van der Waals surface area contributed by atoms with Gasteiger partial charge in [0.1, 0.15) is 0 Å². The van der Waals surface area contributed by atoms with Gasteiger partial charge >= 0.3 is 0 Å². The van der Waals surface area contributed by atoms with Crippen LogP contribution in [0.1, 0.15) is 23.6 Å². The maximum absolute atomic E-state index is 5.47. The zero-order valence-corrected chi connectivity index (χ0v) is 15.4. The van der Waals surface area contributed by atoms with E-state index in [4.69, 9.17) is 4.74 Å². The molecule has 0 bridgehead atoms. The van der Waals surface area contributed by atoms with Gasteiger partial charge < -0.3 is 4.74 Å². The molecule has 134 valence electrons. The summed E-state index contributed by atoms with van der Waals surface area (Å²) in [5.41, 5.74) is 4.22. The predicted octanol–water partition coefficient (Wildman–Crippen LogP) is 3.58. The number of hydrogen-bond donors (Lipinski definition) is 0. The summed E-state index contributed by atoms with van der Waals surface area (Å²) >= 11 is 0. The quantitative estimate of drug-likeness (QED) is 0.732. The second-order valence-corrected chi connectivity index (χ2v) is 6.82. The van der Waals surface area contributed by atoms with Crippen molar-refractivity contribution in [2.45, 2.75) is 26.4 Å². The van der Waals surface area contributed by atoms with Crippen LogP contribution in [-0.4, -0.2) is 49.2 Å². The van der Waals surface area contributed by atoms with Crippen LogP contribution in [0.25, 0.3) is 0 Å². The third-order valence-electron chi connectivity index (χ3n) is 4.89. The van der Waals surface area contributed by atoms with Crippen molar-refractivity contribution in [3.05, 3.63) is 71.3 Å². The van der Waals surface area contributed by atoms with Gasteiger partial charge in [-0.1, -0.05) is 61.5 Å². The van der Waals surface area contributed by atoms with E-state index in [1.807, 2.05) is 0 Å². The molecule has 0 spiro atoms. The Balaban J connectivity index is 1.64. The lowest BCUT2D eigenvalue weighted by Crippen LogP contribution is -2.41. The van der Waals surface area contributed by atoms with E-state index >= 15 is 0 Å². The second kappa shape index (κ2) is 9.71. The van der Waals surface area contributed by atoms with Crippen molar-refractivity contribution in [1.29, 1.82) is 0 Å². The number of benzene rings is 2. The van der Waals surface area contributed by atoms with Crippen molar-refractivity contribution >= 4 is 0 Å². The van der Waals surface area contributed by atoms with Crippen molar-refractivity contribution in [2.75, 3.05) is 39.4 Å². The summed E-state index contributed by atoms with van der Waals surface area (Å²) in [6.45, 7) is 10.3. The SMILES string of the molecule is CCc1cccc(CN(CCN2CCOCC2)Cc2ccccc2)c1. The third kappa shape index (κ3) is 5.96. The van der Waals surface area contributed by atoms with Gasteiger partial charge in [-0.05, 0) is 23.1 Å². The van der Waals surface area contributed by atoms with E-state index in [1.165, 1.54) is 16.7 Å². The molecule has 1 heterocycles. The molecule has 1 saturated heterocycles. The molecule has 0 aliphatic carbocycles. The Morgan fingerprint density at radius 2 is 1.56 bits per heavy atom. The van der Waals surface area contributed by atoms with Crippen molar-refractivity contribution in [3.63, 3.8) is 0 Å². The Kier molecular flexibility index (Phi) is 7.04. The van der Waals surface area contributed by atoms with E-state index in [-0.39, 0.29) is 0 Å². The Morgan fingerprint density at radius 3 is 2.32 bits per heavy atom. The van der Waals surface area contributed by atoms with Crippen LogP contribution in [0.3, 0.4) is 0 Å². The minimum absolute atomic E-state index is 0.872. The third-order valence-corrected chi connectivity index (χ3v) is 4.89. The average Bonchev–Trinajstić information content (AvgIpc) is 2.68. The molecule has 1 aliphatic heterocycles. The van der Waals surface area contributed by atoms with Crippen LogP contribution in [0.4, 0.5) is 0 Å². The van der Waals surface area contributed by atoms with Gasteiger partial charge in [-0.3, -0.25) is 9.80 Å². The van der Waals surface area contributed by atoms with E-state index < -0.39 is 0 Å². The van der Waals surface area contributed by atoms with Gasteiger partial charge in [0.2, 0.25) is 0 Å². The lowest BCUT2D eigenvalue weighted by Gasteiger charge is -2.30. The first-order chi connectivity index (χ1) is 12.3. The summed E-state index contributed by atoms with van der Waals surface area (Å²) < 4.78 is 5.47. The molecule has 2 aromatic rings. The highest BCUT2D eigenvalue weighted by molar-refractivity contribution is 5.23. The fourth-order valence-corrected chi connectivity index (χ4v) is 3.37. The Morgan fingerprint density at radius 1 is 0.880 bits per heavy atom. The molecule has 0 saturated carbocycles. The van der Waals surface area contributed by atoms with Gasteiger partial charge in [0.25, 0.3) is 0 Å². The minimum Gasteiger partial charge on any atom is -0.379 e. The molecule has 3 heteroatoms. The highest BCUT2D eigenvalue weighted by Gasteiger charge is 2.13. The fourth-order valence-electron chi connectivity index (χ4n) is 3.37. The van der Waals surface area contributed by atoms with Crippen LogP contribution in [0.15, 0.2) is 54.6 Å². The monoisotopic (exact) mass is 338 g/mol. The molecule has 2 aromatic carbocycles. The molecular weight excluding hydrogens is 308 g/mol. The minimum atomic E-state index is 0.872. The number of rotatable bonds is 8. The van der Waals surface area contributed by atoms with Crippen molar-refractivity contribution in [1.82, 2.24) is 9.80 Å². The number of nitrogens with zero attached hydrogens (tertiary/aromatic N) is 2. The van der Waals surface area contributed by atoms with E-state index in [0.717, 1.165) is 58.9 Å². The van der Waals surface area contributed by atoms with Crippen LogP contribution in [0.2, 0.25) is 0 Å². The normalized spacial score (nSPS) is 15.6. The van der Waals surface area contributed by atoms with Crippen molar-refractivity contribution in [2.24, 2.45) is 0 Å². The van der Waals surface area contributed by atoms with E-state index in [1.54, 1.807) is 0 Å². The summed E-state index contributed by atoms with van der Waals surface area (Å²) in [4.78, 5) is 5.09. The first-order valence-corrected chi connectivity index (χ1v) is 9.47. The first kappa shape index (κ1) is 18.1. The van der Waals surface area contributed by atoms with E-state index in [2.05, 4.69) is 71.3 Å². The molecule has 3 nitrogen and oxygen atoms in total. The van der Waals surface area contributed by atoms with Crippen LogP contribution in [0.5, 0.6) is 0 Å². The van der Waals surface area contributed by atoms with Crippen LogP contribution in [-0.2, 0) is 24.2 Å². The molecule has 25 heavy (non-hydrogen) atoms. The van der Waals surface area contributed by atoms with Gasteiger partial charge in [0.15, 0.2) is 0 Å². The smallest absolute Gasteiger partial charge is 0.0594 e. The average molecular weight is 338 g/mol. The number of ether oxygens (including phenoxy) is 1. The Bertz CT molecular complexity index is 623. The van der Waals surface area contributed by atoms with Gasteiger partial charge in [-0.25, -0.2) is 0 Å². The first-order valence-electron chi connectivity index (χ1n) is 9.47. The molecule has 1 aliphatic rings. The topological polar surface area (TPSA) is 15.7 Å². The lowest BCUT2D eigenvalue weighted by atomic mass is 10.1. The Hall–Kier alpha value is -1.68. The summed E-state index contributed by atoms with van der Waals surface area (Å²) in [5.74, 6) is 0. The molecule has 0 aromatic heterocycles. The molecule has 0 atom stereocenters. The van der Waals surface area contributed by atoms with Gasteiger partial charge in [0.05, 0.1) is 13.2 Å². The maximum atomic E-state index is 5.47. The molecule has 0 amide bonds. The van der Waals surface area contributed by atoms with E-state index in [0.29, 0.717) is 0 Å². The zero-order chi connectivity index (χ0) is 17.3. The summed E-state index contributed by atoms with van der Waals surface area (Å²) in [6.07, 6.45) is 1.10. The van der Waals surface area contributed by atoms with E-state index in [9.17, 15) is 0 Å². The van der Waals surface area contributed by atoms with Crippen LogP contribution < -0.4 is 0 Å². The number of hydrogen-bond acceptors (Lipinski definition) is 3. The van der Waals surface area contributed by atoms with Gasteiger partial charge in [0, 0.05) is 39.3 Å². The van der Waals surface area contributed by atoms with Crippen LogP contribution in [0, 0.1) is 0 Å². The lowest BCUT2D eigenvalue weighted by molar-refractivity contribution is 0.0325. The Labute approximate surface area is 152 Å². The molecular formula is C22H30N2O. The number of aryl methyl sites for hydroxylation is 1. The molecule has 1 fully saturated rings. The second-order valence-electron chi connectivity index (χ2n) is 6.82. The van der Waals surface area contributed by atoms with Crippen LogP contribution >= 0.6 is 0 Å². The number of morpholine rings is 1.